The fraction of sp³-hybridized carbons (Fsp3) is 0.318. The Morgan fingerprint density at radius 3 is 2.83 bits per heavy atom. The SMILES string of the molecule is Cc1ccc(NC(=O)C2CCCN(C(=O)C3Sc4ccccc4NC3=O)C2)cc1Cl. The number of fused-ring (bicyclic) bond motifs is 1. The van der Waals surface area contributed by atoms with Gasteiger partial charge in [0.05, 0.1) is 11.6 Å². The summed E-state index contributed by atoms with van der Waals surface area (Å²) < 4.78 is 0. The highest BCUT2D eigenvalue weighted by Gasteiger charge is 2.38. The molecule has 2 aliphatic heterocycles. The predicted molar refractivity (Wildman–Crippen MR) is 119 cm³/mol. The number of nitrogens with one attached hydrogen (secondary N) is 2. The molecular weight excluding hydrogens is 422 g/mol. The van der Waals surface area contributed by atoms with Crippen molar-refractivity contribution in [1.82, 2.24) is 4.90 Å². The highest BCUT2D eigenvalue weighted by atomic mass is 35.5. The molecule has 2 heterocycles. The van der Waals surface area contributed by atoms with Crippen LogP contribution in [0.5, 0.6) is 0 Å². The van der Waals surface area contributed by atoms with Crippen LogP contribution in [-0.2, 0) is 14.4 Å². The second-order valence-electron chi connectivity index (χ2n) is 7.56. The molecule has 4 rings (SSSR count). The predicted octanol–water partition coefficient (Wildman–Crippen LogP) is 3.94. The smallest absolute Gasteiger partial charge is 0.247 e. The Morgan fingerprint density at radius 2 is 2.03 bits per heavy atom. The van der Waals surface area contributed by atoms with E-state index in [0.717, 1.165) is 16.1 Å². The molecular formula is C22H22ClN3O3S. The molecule has 3 amide bonds. The molecule has 0 radical (unpaired) electrons. The molecule has 8 heteroatoms. The lowest BCUT2D eigenvalue weighted by atomic mass is 9.96. The summed E-state index contributed by atoms with van der Waals surface area (Å²) in [5, 5.41) is 5.46. The molecule has 156 valence electrons. The first-order chi connectivity index (χ1) is 14.4. The molecule has 0 aromatic heterocycles. The van der Waals surface area contributed by atoms with Crippen LogP contribution in [0.3, 0.4) is 0 Å². The van der Waals surface area contributed by atoms with Gasteiger partial charge in [-0.3, -0.25) is 14.4 Å². The van der Waals surface area contributed by atoms with Crippen LogP contribution in [-0.4, -0.2) is 41.0 Å². The largest absolute Gasteiger partial charge is 0.340 e. The summed E-state index contributed by atoms with van der Waals surface area (Å²) in [5.74, 6) is -1.03. The van der Waals surface area contributed by atoms with Crippen molar-refractivity contribution in [3.63, 3.8) is 0 Å². The zero-order valence-electron chi connectivity index (χ0n) is 16.5. The van der Waals surface area contributed by atoms with Gasteiger partial charge in [-0.05, 0) is 49.6 Å². The van der Waals surface area contributed by atoms with E-state index < -0.39 is 5.25 Å². The summed E-state index contributed by atoms with van der Waals surface area (Å²) in [6, 6.07) is 12.8. The number of likely N-dealkylation sites (tertiary alicyclic amines) is 1. The van der Waals surface area contributed by atoms with E-state index in [2.05, 4.69) is 10.6 Å². The molecule has 0 bridgehead atoms. The minimum Gasteiger partial charge on any atom is -0.340 e. The number of aryl methyl sites for hydroxylation is 1. The van der Waals surface area contributed by atoms with Gasteiger partial charge < -0.3 is 15.5 Å². The molecule has 0 saturated carbocycles. The third-order valence-electron chi connectivity index (χ3n) is 5.40. The van der Waals surface area contributed by atoms with Crippen molar-refractivity contribution < 1.29 is 14.4 Å². The van der Waals surface area contributed by atoms with Crippen LogP contribution in [0.2, 0.25) is 5.02 Å². The van der Waals surface area contributed by atoms with Crippen LogP contribution >= 0.6 is 23.4 Å². The molecule has 2 atom stereocenters. The Bertz CT molecular complexity index is 1010. The number of anilines is 2. The van der Waals surface area contributed by atoms with Gasteiger partial charge >= 0.3 is 0 Å². The van der Waals surface area contributed by atoms with Gasteiger partial charge in [-0.1, -0.05) is 29.8 Å². The van der Waals surface area contributed by atoms with E-state index >= 15 is 0 Å². The van der Waals surface area contributed by atoms with Gasteiger partial charge in [0.25, 0.3) is 0 Å². The molecule has 1 fully saturated rings. The fourth-order valence-corrected chi connectivity index (χ4v) is 4.94. The Kier molecular flexibility index (Phi) is 6.01. The zero-order chi connectivity index (χ0) is 21.3. The van der Waals surface area contributed by atoms with Crippen molar-refractivity contribution in [3.8, 4) is 0 Å². The van der Waals surface area contributed by atoms with Crippen molar-refractivity contribution in [2.75, 3.05) is 23.7 Å². The summed E-state index contributed by atoms with van der Waals surface area (Å²) in [6.07, 6.45) is 1.41. The van der Waals surface area contributed by atoms with E-state index in [1.165, 1.54) is 11.8 Å². The van der Waals surface area contributed by atoms with Gasteiger partial charge in [0.15, 0.2) is 5.25 Å². The number of hydrogen-bond acceptors (Lipinski definition) is 4. The Morgan fingerprint density at radius 1 is 1.23 bits per heavy atom. The molecule has 6 nitrogen and oxygen atoms in total. The van der Waals surface area contributed by atoms with Crippen molar-refractivity contribution in [2.45, 2.75) is 29.9 Å². The number of para-hydroxylation sites is 1. The summed E-state index contributed by atoms with van der Waals surface area (Å²) >= 11 is 7.40. The maximum atomic E-state index is 13.1. The minimum absolute atomic E-state index is 0.140. The molecule has 0 aliphatic carbocycles. The van der Waals surface area contributed by atoms with Crippen LogP contribution in [0.25, 0.3) is 0 Å². The van der Waals surface area contributed by atoms with Gasteiger partial charge in [-0.25, -0.2) is 0 Å². The standard InChI is InChI=1S/C22H22ClN3O3S/c1-13-8-9-15(11-16(13)23)24-20(27)14-5-4-10-26(12-14)22(29)19-21(28)25-17-6-2-3-7-18(17)30-19/h2-3,6-9,11,14,19H,4-5,10,12H2,1H3,(H,24,27)(H,25,28). The number of halogens is 1. The number of nitrogens with zero attached hydrogens (tertiary/aromatic N) is 1. The number of hydrogen-bond donors (Lipinski definition) is 2. The second kappa shape index (κ2) is 8.70. The van der Waals surface area contributed by atoms with Gasteiger partial charge in [0, 0.05) is 28.7 Å². The number of thioether (sulfide) groups is 1. The summed E-state index contributed by atoms with van der Waals surface area (Å²) in [6.45, 7) is 2.75. The third kappa shape index (κ3) is 4.32. The molecule has 2 aliphatic rings. The first kappa shape index (κ1) is 20.8. The second-order valence-corrected chi connectivity index (χ2v) is 9.11. The highest BCUT2D eigenvalue weighted by molar-refractivity contribution is 8.01. The molecule has 2 N–H and O–H groups in total. The molecule has 2 aromatic rings. The van der Waals surface area contributed by atoms with E-state index in [0.29, 0.717) is 36.6 Å². The van der Waals surface area contributed by atoms with Crippen molar-refractivity contribution in [2.24, 2.45) is 5.92 Å². The van der Waals surface area contributed by atoms with Gasteiger partial charge in [-0.2, -0.15) is 0 Å². The third-order valence-corrected chi connectivity index (χ3v) is 7.06. The van der Waals surface area contributed by atoms with Crippen molar-refractivity contribution >= 4 is 52.5 Å². The molecule has 30 heavy (non-hydrogen) atoms. The molecule has 0 spiro atoms. The number of carbonyl (C=O) groups excluding carboxylic acids is 3. The first-order valence-electron chi connectivity index (χ1n) is 9.85. The lowest BCUT2D eigenvalue weighted by Gasteiger charge is -2.35. The average Bonchev–Trinajstić information content (AvgIpc) is 2.75. The minimum atomic E-state index is -0.836. The van der Waals surface area contributed by atoms with Crippen LogP contribution in [0.15, 0.2) is 47.4 Å². The number of rotatable bonds is 3. The maximum Gasteiger partial charge on any atom is 0.247 e. The lowest BCUT2D eigenvalue weighted by Crippen LogP contribution is -2.50. The van der Waals surface area contributed by atoms with Crippen molar-refractivity contribution in [1.29, 1.82) is 0 Å². The van der Waals surface area contributed by atoms with Crippen LogP contribution in [0, 0.1) is 12.8 Å². The maximum absolute atomic E-state index is 13.1. The van der Waals surface area contributed by atoms with E-state index in [9.17, 15) is 14.4 Å². The molecule has 1 saturated heterocycles. The highest BCUT2D eigenvalue weighted by Crippen LogP contribution is 2.36. The number of carbonyl (C=O) groups is 3. The zero-order valence-corrected chi connectivity index (χ0v) is 18.1. The first-order valence-corrected chi connectivity index (χ1v) is 11.1. The number of benzene rings is 2. The number of amides is 3. The summed E-state index contributed by atoms with van der Waals surface area (Å²) in [7, 11) is 0. The topological polar surface area (TPSA) is 78.5 Å². The van der Waals surface area contributed by atoms with E-state index in [1.54, 1.807) is 11.0 Å². The molecule has 2 aromatic carbocycles. The van der Waals surface area contributed by atoms with Crippen LogP contribution in [0.1, 0.15) is 18.4 Å². The quantitative estimate of drug-likeness (QED) is 0.704. The Balaban J connectivity index is 1.42. The lowest BCUT2D eigenvalue weighted by molar-refractivity contribution is -0.136. The van der Waals surface area contributed by atoms with E-state index in [1.807, 2.05) is 43.3 Å². The van der Waals surface area contributed by atoms with E-state index in [4.69, 9.17) is 11.6 Å². The van der Waals surface area contributed by atoms with E-state index in [-0.39, 0.29) is 23.6 Å². The normalized spacial score (nSPS) is 20.9. The fourth-order valence-electron chi connectivity index (χ4n) is 3.69. The van der Waals surface area contributed by atoms with Crippen molar-refractivity contribution in [3.05, 3.63) is 53.1 Å². The Labute approximate surface area is 184 Å². The monoisotopic (exact) mass is 443 g/mol. The summed E-state index contributed by atoms with van der Waals surface area (Å²) in [4.78, 5) is 40.8. The van der Waals surface area contributed by atoms with Crippen LogP contribution < -0.4 is 10.6 Å². The van der Waals surface area contributed by atoms with Gasteiger partial charge in [0.2, 0.25) is 17.7 Å². The van der Waals surface area contributed by atoms with Gasteiger partial charge in [0.1, 0.15) is 0 Å². The molecule has 2 unspecified atom stereocenters. The van der Waals surface area contributed by atoms with Gasteiger partial charge in [-0.15, -0.1) is 11.8 Å². The Hall–Kier alpha value is -2.51. The van der Waals surface area contributed by atoms with Crippen LogP contribution in [0.4, 0.5) is 11.4 Å². The average molecular weight is 444 g/mol. The summed E-state index contributed by atoms with van der Waals surface area (Å²) in [5.41, 5.74) is 2.30. The number of piperidine rings is 1.